The normalized spacial score (nSPS) is 19.7. The van der Waals surface area contributed by atoms with Gasteiger partial charge in [-0.3, -0.25) is 9.47 Å². The van der Waals surface area contributed by atoms with Gasteiger partial charge in [-0.05, 0) is 57.8 Å². The molecule has 2 saturated heterocycles. The molecule has 1 N–H and O–H groups in total. The Bertz CT molecular complexity index is 827. The number of piperidine rings is 1. The highest BCUT2D eigenvalue weighted by molar-refractivity contribution is 5.79. The molecular weight excluding hydrogens is 356 g/mol. The van der Waals surface area contributed by atoms with Crippen molar-refractivity contribution in [2.24, 2.45) is 5.92 Å². The maximum atomic E-state index is 12.8. The third-order valence-electron chi connectivity index (χ3n) is 5.51. The number of benzene rings is 1. The Hall–Kier alpha value is -2.38. The van der Waals surface area contributed by atoms with E-state index in [0.29, 0.717) is 19.3 Å². The molecule has 0 aliphatic carbocycles. The quantitative estimate of drug-likeness (QED) is 0.878. The molecule has 0 bridgehead atoms. The van der Waals surface area contributed by atoms with E-state index in [2.05, 4.69) is 10.3 Å². The number of carbonyl (C=O) groups excluding carboxylic acids is 1. The summed E-state index contributed by atoms with van der Waals surface area (Å²) in [6, 6.07) is 7.78. The third-order valence-corrected chi connectivity index (χ3v) is 5.51. The minimum atomic E-state index is -0.316. The van der Waals surface area contributed by atoms with Crippen molar-refractivity contribution < 1.29 is 14.3 Å². The molecule has 0 unspecified atom stereocenters. The van der Waals surface area contributed by atoms with Crippen LogP contribution in [0.2, 0.25) is 0 Å². The van der Waals surface area contributed by atoms with E-state index in [4.69, 9.17) is 9.47 Å². The first-order valence-corrected chi connectivity index (χ1v) is 9.90. The van der Waals surface area contributed by atoms with Crippen LogP contribution in [0.5, 0.6) is 5.75 Å². The van der Waals surface area contributed by atoms with E-state index < -0.39 is 0 Å². The number of ether oxygens (including phenoxy) is 2. The molecule has 0 saturated carbocycles. The SMILES string of the molecule is CC1(C)COCN1C(=O)n1cnc(-c2cccc(OCC3CCNCC3)c2)c1. The van der Waals surface area contributed by atoms with Gasteiger partial charge in [-0.1, -0.05) is 12.1 Å². The van der Waals surface area contributed by atoms with Gasteiger partial charge >= 0.3 is 6.03 Å². The van der Waals surface area contributed by atoms with Crippen molar-refractivity contribution in [2.75, 3.05) is 33.0 Å². The fourth-order valence-electron chi connectivity index (χ4n) is 3.68. The molecule has 28 heavy (non-hydrogen) atoms. The number of aromatic nitrogens is 2. The van der Waals surface area contributed by atoms with Gasteiger partial charge in [0, 0.05) is 11.8 Å². The molecule has 1 amide bonds. The molecule has 3 heterocycles. The van der Waals surface area contributed by atoms with E-state index in [-0.39, 0.29) is 11.6 Å². The number of nitrogens with one attached hydrogen (secondary N) is 1. The summed E-state index contributed by atoms with van der Waals surface area (Å²) in [6.45, 7) is 7.72. The first kappa shape index (κ1) is 19.0. The molecule has 150 valence electrons. The van der Waals surface area contributed by atoms with Crippen LogP contribution in [0.4, 0.5) is 4.79 Å². The lowest BCUT2D eigenvalue weighted by atomic mass is 9.99. The van der Waals surface area contributed by atoms with Crippen LogP contribution in [-0.4, -0.2) is 59.1 Å². The van der Waals surface area contributed by atoms with E-state index in [1.165, 1.54) is 4.57 Å². The van der Waals surface area contributed by atoms with E-state index in [1.54, 1.807) is 17.4 Å². The van der Waals surface area contributed by atoms with E-state index in [0.717, 1.165) is 49.5 Å². The summed E-state index contributed by atoms with van der Waals surface area (Å²) in [5, 5.41) is 3.38. The summed E-state index contributed by atoms with van der Waals surface area (Å²) in [6.07, 6.45) is 5.64. The Morgan fingerprint density at radius 3 is 2.93 bits per heavy atom. The number of rotatable bonds is 4. The van der Waals surface area contributed by atoms with Crippen LogP contribution in [0.25, 0.3) is 11.3 Å². The molecule has 4 rings (SSSR count). The van der Waals surface area contributed by atoms with Gasteiger partial charge in [0.25, 0.3) is 0 Å². The van der Waals surface area contributed by atoms with Crippen molar-refractivity contribution in [1.29, 1.82) is 0 Å². The van der Waals surface area contributed by atoms with Crippen LogP contribution in [0, 0.1) is 5.92 Å². The topological polar surface area (TPSA) is 68.6 Å². The molecule has 7 heteroatoms. The molecule has 2 fully saturated rings. The zero-order chi connectivity index (χ0) is 19.6. The lowest BCUT2D eigenvalue weighted by Gasteiger charge is -2.28. The average molecular weight is 384 g/mol. The molecule has 1 aromatic carbocycles. The highest BCUT2D eigenvalue weighted by Crippen LogP contribution is 2.26. The van der Waals surface area contributed by atoms with Crippen molar-refractivity contribution in [2.45, 2.75) is 32.2 Å². The molecule has 2 aliphatic heterocycles. The van der Waals surface area contributed by atoms with Crippen LogP contribution < -0.4 is 10.1 Å². The van der Waals surface area contributed by atoms with Gasteiger partial charge in [-0.25, -0.2) is 9.78 Å². The fraction of sp³-hybridized carbons (Fsp3) is 0.524. The molecule has 0 spiro atoms. The zero-order valence-electron chi connectivity index (χ0n) is 16.6. The van der Waals surface area contributed by atoms with Crippen molar-refractivity contribution >= 4 is 6.03 Å². The maximum absolute atomic E-state index is 12.8. The Balaban J connectivity index is 1.44. The second-order valence-corrected chi connectivity index (χ2v) is 8.20. The molecule has 0 radical (unpaired) electrons. The van der Waals surface area contributed by atoms with Gasteiger partial charge in [0.2, 0.25) is 0 Å². The lowest BCUT2D eigenvalue weighted by molar-refractivity contribution is 0.140. The largest absolute Gasteiger partial charge is 0.493 e. The van der Waals surface area contributed by atoms with Gasteiger partial charge in [-0.15, -0.1) is 0 Å². The van der Waals surface area contributed by atoms with Crippen LogP contribution in [-0.2, 0) is 4.74 Å². The minimum absolute atomic E-state index is 0.125. The summed E-state index contributed by atoms with van der Waals surface area (Å²) in [7, 11) is 0. The molecule has 7 nitrogen and oxygen atoms in total. The summed E-state index contributed by atoms with van der Waals surface area (Å²) in [5.74, 6) is 1.44. The van der Waals surface area contributed by atoms with Gasteiger partial charge in [0.05, 0.1) is 24.4 Å². The second-order valence-electron chi connectivity index (χ2n) is 8.20. The standard InChI is InChI=1S/C21H28N4O3/c1-21(2)13-27-15-25(21)20(26)24-11-19(23-14-24)17-4-3-5-18(10-17)28-12-16-6-8-22-9-7-16/h3-5,10-11,14,16,22H,6-9,12-13,15H2,1-2H3. The van der Waals surface area contributed by atoms with Crippen molar-refractivity contribution in [1.82, 2.24) is 19.8 Å². The number of nitrogens with zero attached hydrogens (tertiary/aromatic N) is 3. The highest BCUT2D eigenvalue weighted by atomic mass is 16.5. The van der Waals surface area contributed by atoms with Gasteiger partial charge < -0.3 is 14.8 Å². The average Bonchev–Trinajstić information content (AvgIpc) is 3.33. The van der Waals surface area contributed by atoms with Crippen LogP contribution in [0.15, 0.2) is 36.8 Å². The van der Waals surface area contributed by atoms with Crippen molar-refractivity contribution in [3.05, 3.63) is 36.8 Å². The summed E-state index contributed by atoms with van der Waals surface area (Å²) in [5.41, 5.74) is 1.37. The Morgan fingerprint density at radius 1 is 1.36 bits per heavy atom. The number of amides is 1. The third kappa shape index (κ3) is 4.05. The molecular formula is C21H28N4O3. The molecule has 0 atom stereocenters. The lowest BCUT2D eigenvalue weighted by Crippen LogP contribution is -2.45. The Kier molecular flexibility index (Phi) is 5.37. The zero-order valence-corrected chi connectivity index (χ0v) is 16.6. The summed E-state index contributed by atoms with van der Waals surface area (Å²) >= 11 is 0. The maximum Gasteiger partial charge on any atom is 0.331 e. The van der Waals surface area contributed by atoms with Gasteiger partial charge in [0.1, 0.15) is 18.8 Å². The van der Waals surface area contributed by atoms with Crippen molar-refractivity contribution in [3.8, 4) is 17.0 Å². The van der Waals surface area contributed by atoms with E-state index in [9.17, 15) is 4.79 Å². The Labute approximate surface area is 165 Å². The molecule has 2 aliphatic rings. The number of carbonyl (C=O) groups is 1. The smallest absolute Gasteiger partial charge is 0.331 e. The minimum Gasteiger partial charge on any atom is -0.493 e. The van der Waals surface area contributed by atoms with Crippen LogP contribution in [0.1, 0.15) is 26.7 Å². The summed E-state index contributed by atoms with van der Waals surface area (Å²) in [4.78, 5) is 18.9. The van der Waals surface area contributed by atoms with Crippen LogP contribution in [0.3, 0.4) is 0 Å². The first-order chi connectivity index (χ1) is 13.5. The monoisotopic (exact) mass is 384 g/mol. The number of imidazole rings is 1. The second kappa shape index (κ2) is 7.93. The fourth-order valence-corrected chi connectivity index (χ4v) is 3.68. The Morgan fingerprint density at radius 2 is 2.18 bits per heavy atom. The molecule has 1 aromatic heterocycles. The number of hydrogen-bond donors (Lipinski definition) is 1. The highest BCUT2D eigenvalue weighted by Gasteiger charge is 2.37. The van der Waals surface area contributed by atoms with Gasteiger partial charge in [0.15, 0.2) is 0 Å². The summed E-state index contributed by atoms with van der Waals surface area (Å²) < 4.78 is 13.0. The van der Waals surface area contributed by atoms with E-state index >= 15 is 0 Å². The predicted molar refractivity (Wildman–Crippen MR) is 106 cm³/mol. The predicted octanol–water partition coefficient (Wildman–Crippen LogP) is 2.96. The number of hydrogen-bond acceptors (Lipinski definition) is 5. The van der Waals surface area contributed by atoms with E-state index in [1.807, 2.05) is 38.1 Å². The van der Waals surface area contributed by atoms with Crippen LogP contribution >= 0.6 is 0 Å². The van der Waals surface area contributed by atoms with Crippen molar-refractivity contribution in [3.63, 3.8) is 0 Å². The first-order valence-electron chi connectivity index (χ1n) is 9.90. The molecule has 2 aromatic rings. The van der Waals surface area contributed by atoms with Gasteiger partial charge in [-0.2, -0.15) is 0 Å².